The van der Waals surface area contributed by atoms with Crippen LogP contribution in [0.15, 0.2) is 82.4 Å². The number of hydrogen-bond donors (Lipinski definition) is 1. The van der Waals surface area contributed by atoms with E-state index >= 15 is 0 Å². The highest BCUT2D eigenvalue weighted by atomic mass is 79.9. The highest BCUT2D eigenvalue weighted by Crippen LogP contribution is 2.22. The van der Waals surface area contributed by atoms with Crippen LogP contribution in [0.1, 0.15) is 16.7 Å². The van der Waals surface area contributed by atoms with E-state index in [0.29, 0.717) is 16.8 Å². The van der Waals surface area contributed by atoms with E-state index < -0.39 is 22.5 Å². The second kappa shape index (κ2) is 11.1. The average Bonchev–Trinajstić information content (AvgIpc) is 2.77. The van der Waals surface area contributed by atoms with Crippen LogP contribution in [0.25, 0.3) is 0 Å². The van der Waals surface area contributed by atoms with Crippen molar-refractivity contribution in [2.45, 2.75) is 13.5 Å². The number of rotatable bonds is 9. The molecule has 33 heavy (non-hydrogen) atoms. The van der Waals surface area contributed by atoms with Gasteiger partial charge in [-0.2, -0.15) is 5.10 Å². The number of nitrogens with zero attached hydrogens (tertiary/aromatic N) is 2. The van der Waals surface area contributed by atoms with Crippen molar-refractivity contribution in [1.29, 1.82) is 0 Å². The van der Waals surface area contributed by atoms with Gasteiger partial charge < -0.3 is 4.74 Å². The molecule has 0 aliphatic heterocycles. The molecule has 9 heteroatoms. The molecule has 3 aromatic carbocycles. The molecule has 0 atom stereocenters. The topological polar surface area (TPSA) is 88.1 Å². The quantitative estimate of drug-likeness (QED) is 0.331. The Balaban J connectivity index is 1.54. The van der Waals surface area contributed by atoms with Crippen molar-refractivity contribution in [3.63, 3.8) is 0 Å². The Labute approximate surface area is 202 Å². The van der Waals surface area contributed by atoms with Gasteiger partial charge in [0.05, 0.1) is 18.2 Å². The molecule has 0 aliphatic rings. The molecule has 0 unspecified atom stereocenters. The molecular weight excluding hydrogens is 506 g/mol. The summed E-state index contributed by atoms with van der Waals surface area (Å²) in [6.45, 7) is 2.12. The third kappa shape index (κ3) is 7.73. The van der Waals surface area contributed by atoms with Crippen LogP contribution in [0.3, 0.4) is 0 Å². The first-order valence-electron chi connectivity index (χ1n) is 10.0. The number of halogens is 1. The summed E-state index contributed by atoms with van der Waals surface area (Å²) in [5.74, 6) is 0.157. The number of ether oxygens (including phenoxy) is 1. The summed E-state index contributed by atoms with van der Waals surface area (Å²) in [5.41, 5.74) is 5.79. The molecule has 0 heterocycles. The van der Waals surface area contributed by atoms with Gasteiger partial charge in [0.25, 0.3) is 5.91 Å². The minimum atomic E-state index is -3.65. The number of aryl methyl sites for hydroxylation is 1. The fraction of sp³-hybridized carbons (Fsp3) is 0.167. The van der Waals surface area contributed by atoms with Crippen LogP contribution in [-0.2, 0) is 21.4 Å². The van der Waals surface area contributed by atoms with E-state index in [1.807, 2.05) is 55.5 Å². The number of hydrogen-bond acceptors (Lipinski definition) is 5. The monoisotopic (exact) mass is 529 g/mol. The fourth-order valence-electron chi connectivity index (χ4n) is 2.88. The van der Waals surface area contributed by atoms with Crippen LogP contribution in [0.4, 0.5) is 5.69 Å². The Morgan fingerprint density at radius 3 is 2.42 bits per heavy atom. The summed E-state index contributed by atoms with van der Waals surface area (Å²) in [6.07, 6.45) is 2.53. The molecule has 0 radical (unpaired) electrons. The molecule has 0 saturated heterocycles. The minimum Gasteiger partial charge on any atom is -0.489 e. The summed E-state index contributed by atoms with van der Waals surface area (Å²) in [5, 5.41) is 3.92. The molecule has 0 bridgehead atoms. The summed E-state index contributed by atoms with van der Waals surface area (Å²) < 4.78 is 31.8. The van der Waals surface area contributed by atoms with Crippen molar-refractivity contribution >= 4 is 43.8 Å². The van der Waals surface area contributed by atoms with Gasteiger partial charge in [-0.05, 0) is 60.5 Å². The SMILES string of the molecule is Cc1ccc(COc2ccc(/C=N\NC(=O)CN(c3cccc(Br)c3)S(C)(=O)=O)cc2)cc1. The van der Waals surface area contributed by atoms with E-state index in [0.717, 1.165) is 27.4 Å². The standard InChI is InChI=1S/C24H24BrN3O4S/c1-18-6-8-20(9-7-18)17-32-23-12-10-19(11-13-23)15-26-27-24(29)16-28(33(2,30)31)22-5-3-4-21(25)14-22/h3-15H,16-17H2,1-2H3,(H,27,29)/b26-15-. The largest absolute Gasteiger partial charge is 0.489 e. The first-order chi connectivity index (χ1) is 15.7. The van der Waals surface area contributed by atoms with Crippen molar-refractivity contribution in [2.75, 3.05) is 17.1 Å². The van der Waals surface area contributed by atoms with Gasteiger partial charge in [0.2, 0.25) is 10.0 Å². The third-order valence-corrected chi connectivity index (χ3v) is 6.23. The molecule has 0 aliphatic carbocycles. The molecule has 172 valence electrons. The van der Waals surface area contributed by atoms with E-state index in [1.54, 1.807) is 24.3 Å². The van der Waals surface area contributed by atoms with Gasteiger partial charge in [-0.25, -0.2) is 13.8 Å². The lowest BCUT2D eigenvalue weighted by Crippen LogP contribution is -2.39. The van der Waals surface area contributed by atoms with Gasteiger partial charge >= 0.3 is 0 Å². The van der Waals surface area contributed by atoms with Crippen molar-refractivity contribution in [1.82, 2.24) is 5.43 Å². The molecule has 3 aromatic rings. The van der Waals surface area contributed by atoms with Gasteiger partial charge in [-0.1, -0.05) is 51.8 Å². The van der Waals surface area contributed by atoms with E-state index in [4.69, 9.17) is 4.74 Å². The number of benzene rings is 3. The number of anilines is 1. The van der Waals surface area contributed by atoms with Crippen molar-refractivity contribution in [3.05, 3.63) is 94.0 Å². The van der Waals surface area contributed by atoms with Crippen molar-refractivity contribution in [2.24, 2.45) is 5.10 Å². The fourth-order valence-corrected chi connectivity index (χ4v) is 4.11. The number of sulfonamides is 1. The zero-order valence-corrected chi connectivity index (χ0v) is 20.6. The van der Waals surface area contributed by atoms with E-state index in [1.165, 1.54) is 11.8 Å². The maximum Gasteiger partial charge on any atom is 0.260 e. The molecular formula is C24H24BrN3O4S. The summed E-state index contributed by atoms with van der Waals surface area (Å²) in [4.78, 5) is 12.3. The zero-order valence-electron chi connectivity index (χ0n) is 18.2. The van der Waals surface area contributed by atoms with Crippen LogP contribution in [0.5, 0.6) is 5.75 Å². The lowest BCUT2D eigenvalue weighted by atomic mass is 10.2. The number of carbonyl (C=O) groups excluding carboxylic acids is 1. The van der Waals surface area contributed by atoms with Crippen molar-refractivity contribution in [3.8, 4) is 5.75 Å². The van der Waals surface area contributed by atoms with Crippen LogP contribution >= 0.6 is 15.9 Å². The zero-order chi connectivity index (χ0) is 23.8. The molecule has 0 spiro atoms. The second-order valence-electron chi connectivity index (χ2n) is 7.39. The molecule has 1 amide bonds. The first kappa shape index (κ1) is 24.5. The molecule has 0 aromatic heterocycles. The predicted octanol–water partition coefficient (Wildman–Crippen LogP) is 4.25. The minimum absolute atomic E-state index is 0.382. The Bertz CT molecular complexity index is 1230. The summed E-state index contributed by atoms with van der Waals surface area (Å²) in [6, 6.07) is 22.1. The highest BCUT2D eigenvalue weighted by molar-refractivity contribution is 9.10. The molecule has 0 fully saturated rings. The maximum atomic E-state index is 12.3. The van der Waals surface area contributed by atoms with E-state index in [-0.39, 0.29) is 0 Å². The van der Waals surface area contributed by atoms with Gasteiger partial charge in [0.15, 0.2) is 0 Å². The number of carbonyl (C=O) groups is 1. The Hall–Kier alpha value is -3.17. The van der Waals surface area contributed by atoms with Crippen LogP contribution in [0.2, 0.25) is 0 Å². The smallest absolute Gasteiger partial charge is 0.260 e. The molecule has 7 nitrogen and oxygen atoms in total. The third-order valence-electron chi connectivity index (χ3n) is 4.59. The predicted molar refractivity (Wildman–Crippen MR) is 134 cm³/mol. The van der Waals surface area contributed by atoms with Gasteiger partial charge in [-0.3, -0.25) is 9.10 Å². The summed E-state index contributed by atoms with van der Waals surface area (Å²) in [7, 11) is -3.65. The lowest BCUT2D eigenvalue weighted by molar-refractivity contribution is -0.119. The first-order valence-corrected chi connectivity index (χ1v) is 12.7. The Morgan fingerprint density at radius 2 is 1.79 bits per heavy atom. The summed E-state index contributed by atoms with van der Waals surface area (Å²) >= 11 is 3.31. The molecule has 1 N–H and O–H groups in total. The van der Waals surface area contributed by atoms with E-state index in [2.05, 4.69) is 26.5 Å². The highest BCUT2D eigenvalue weighted by Gasteiger charge is 2.20. The van der Waals surface area contributed by atoms with Gasteiger partial charge in [0.1, 0.15) is 18.9 Å². The second-order valence-corrected chi connectivity index (χ2v) is 10.2. The van der Waals surface area contributed by atoms with Crippen LogP contribution in [-0.4, -0.2) is 33.3 Å². The average molecular weight is 530 g/mol. The number of nitrogens with one attached hydrogen (secondary N) is 1. The van der Waals surface area contributed by atoms with Crippen molar-refractivity contribution < 1.29 is 17.9 Å². The van der Waals surface area contributed by atoms with Crippen LogP contribution < -0.4 is 14.5 Å². The van der Waals surface area contributed by atoms with Gasteiger partial charge in [0, 0.05) is 4.47 Å². The Morgan fingerprint density at radius 1 is 1.09 bits per heavy atom. The maximum absolute atomic E-state index is 12.3. The Kier molecular flexibility index (Phi) is 8.24. The van der Waals surface area contributed by atoms with Crippen LogP contribution in [0, 0.1) is 6.92 Å². The molecule has 3 rings (SSSR count). The normalized spacial score (nSPS) is 11.4. The lowest BCUT2D eigenvalue weighted by Gasteiger charge is -2.21. The molecule has 0 saturated carbocycles. The number of hydrazone groups is 1. The van der Waals surface area contributed by atoms with Gasteiger partial charge in [-0.15, -0.1) is 0 Å². The van der Waals surface area contributed by atoms with E-state index in [9.17, 15) is 13.2 Å². The number of amides is 1.